The molecule has 5 heteroatoms. The normalized spacial score (nSPS) is 12.3. The molecule has 0 fully saturated rings. The summed E-state index contributed by atoms with van der Waals surface area (Å²) in [5, 5.41) is 1.29. The van der Waals surface area contributed by atoms with E-state index < -0.39 is 0 Å². The number of aryl methyl sites for hydroxylation is 1. The molecule has 3 aromatic carbocycles. The van der Waals surface area contributed by atoms with Crippen molar-refractivity contribution < 1.29 is 4.74 Å². The molecule has 1 unspecified atom stereocenters. The van der Waals surface area contributed by atoms with Crippen LogP contribution in [0.2, 0.25) is 10.0 Å². The number of fused-ring (bicyclic) bond motifs is 1. The Kier molecular flexibility index (Phi) is 5.79. The summed E-state index contributed by atoms with van der Waals surface area (Å²) in [4.78, 5) is 4.91. The van der Waals surface area contributed by atoms with Crippen LogP contribution in [-0.2, 0) is 6.54 Å². The first-order valence-electron chi connectivity index (χ1n) is 9.68. The molecule has 29 heavy (non-hydrogen) atoms. The fourth-order valence-electron chi connectivity index (χ4n) is 3.52. The fraction of sp³-hybridized carbons (Fsp3) is 0.208. The van der Waals surface area contributed by atoms with Gasteiger partial charge in [0.2, 0.25) is 0 Å². The summed E-state index contributed by atoms with van der Waals surface area (Å²) in [5.74, 6) is 1.71. The van der Waals surface area contributed by atoms with Crippen LogP contribution in [0.15, 0.2) is 66.7 Å². The maximum absolute atomic E-state index is 6.46. The van der Waals surface area contributed by atoms with Crippen LogP contribution in [0.3, 0.4) is 0 Å². The van der Waals surface area contributed by atoms with E-state index in [4.69, 9.17) is 32.9 Å². The lowest BCUT2D eigenvalue weighted by molar-refractivity contribution is 0.187. The van der Waals surface area contributed by atoms with E-state index in [0.717, 1.165) is 40.2 Å². The predicted octanol–water partition coefficient (Wildman–Crippen LogP) is 7.23. The molecule has 0 radical (unpaired) electrons. The molecule has 0 bridgehead atoms. The maximum Gasteiger partial charge on any atom is 0.156 e. The highest BCUT2D eigenvalue weighted by Crippen LogP contribution is 2.31. The minimum absolute atomic E-state index is 0.189. The largest absolute Gasteiger partial charge is 0.483 e. The molecule has 3 nitrogen and oxygen atoms in total. The second-order valence-electron chi connectivity index (χ2n) is 7.08. The number of para-hydroxylation sites is 2. The lowest BCUT2D eigenvalue weighted by Gasteiger charge is -2.20. The summed E-state index contributed by atoms with van der Waals surface area (Å²) in [6.07, 6.45) is 0.596. The van der Waals surface area contributed by atoms with Gasteiger partial charge < -0.3 is 9.30 Å². The van der Waals surface area contributed by atoms with Gasteiger partial charge in [-0.1, -0.05) is 60.5 Å². The van der Waals surface area contributed by atoms with Crippen molar-refractivity contribution >= 4 is 34.2 Å². The highest BCUT2D eigenvalue weighted by molar-refractivity contribution is 6.36. The molecule has 0 N–H and O–H groups in total. The number of hydrogen-bond donors (Lipinski definition) is 0. The van der Waals surface area contributed by atoms with Gasteiger partial charge in [0.15, 0.2) is 11.9 Å². The van der Waals surface area contributed by atoms with E-state index >= 15 is 0 Å². The van der Waals surface area contributed by atoms with Gasteiger partial charge in [-0.25, -0.2) is 4.98 Å². The zero-order valence-corrected chi connectivity index (χ0v) is 17.9. The number of aromatic nitrogens is 2. The molecule has 0 saturated carbocycles. The van der Waals surface area contributed by atoms with Crippen molar-refractivity contribution in [2.24, 2.45) is 0 Å². The van der Waals surface area contributed by atoms with Crippen molar-refractivity contribution in [3.8, 4) is 5.75 Å². The molecule has 1 aromatic heterocycles. The Morgan fingerprint density at radius 3 is 2.41 bits per heavy atom. The third kappa shape index (κ3) is 4.12. The van der Waals surface area contributed by atoms with Gasteiger partial charge in [0.25, 0.3) is 0 Å². The van der Waals surface area contributed by atoms with Crippen LogP contribution >= 0.6 is 23.2 Å². The molecule has 1 atom stereocenters. The predicted molar refractivity (Wildman–Crippen MR) is 120 cm³/mol. The summed E-state index contributed by atoms with van der Waals surface area (Å²) in [7, 11) is 0. The summed E-state index contributed by atoms with van der Waals surface area (Å²) in [6.45, 7) is 4.69. The van der Waals surface area contributed by atoms with Crippen LogP contribution in [0.25, 0.3) is 11.0 Å². The number of ether oxygens (including phenoxy) is 1. The zero-order valence-electron chi connectivity index (χ0n) is 16.4. The molecule has 4 rings (SSSR count). The first-order chi connectivity index (χ1) is 14.1. The number of halogens is 2. The number of rotatable bonds is 6. The maximum atomic E-state index is 6.46. The van der Waals surface area contributed by atoms with Gasteiger partial charge in [0.05, 0.1) is 17.6 Å². The fourth-order valence-corrected chi connectivity index (χ4v) is 4.04. The lowest BCUT2D eigenvalue weighted by Crippen LogP contribution is -2.15. The Balaban J connectivity index is 1.80. The first kappa shape index (κ1) is 19.8. The summed E-state index contributed by atoms with van der Waals surface area (Å²) >= 11 is 12.9. The van der Waals surface area contributed by atoms with Crippen molar-refractivity contribution in [2.45, 2.75) is 32.9 Å². The Morgan fingerprint density at radius 2 is 1.69 bits per heavy atom. The van der Waals surface area contributed by atoms with Crippen molar-refractivity contribution in [1.82, 2.24) is 9.55 Å². The van der Waals surface area contributed by atoms with E-state index in [2.05, 4.69) is 30.5 Å². The Labute approximate surface area is 180 Å². The first-order valence-corrected chi connectivity index (χ1v) is 10.4. The second-order valence-corrected chi connectivity index (χ2v) is 7.89. The zero-order chi connectivity index (χ0) is 20.4. The Hall–Kier alpha value is -2.49. The van der Waals surface area contributed by atoms with E-state index in [1.165, 1.54) is 0 Å². The monoisotopic (exact) mass is 424 g/mol. The van der Waals surface area contributed by atoms with Crippen LogP contribution in [0, 0.1) is 6.92 Å². The standard InChI is InChI=1S/C24H22Cl2N2O/c1-3-23(29-17-9-6-8-16(2)14-17)24-27-21-12-4-5-13-22(21)28(24)15-18-19(25)10-7-11-20(18)26/h4-14,23H,3,15H2,1-2H3. The SMILES string of the molecule is CCC(Oc1cccc(C)c1)c1nc2ccccc2n1Cc1c(Cl)cccc1Cl. The average Bonchev–Trinajstić information content (AvgIpc) is 3.07. The van der Waals surface area contributed by atoms with Gasteiger partial charge in [-0.15, -0.1) is 0 Å². The van der Waals surface area contributed by atoms with E-state index in [0.29, 0.717) is 16.6 Å². The topological polar surface area (TPSA) is 27.1 Å². The third-order valence-electron chi connectivity index (χ3n) is 4.99. The highest BCUT2D eigenvalue weighted by atomic mass is 35.5. The van der Waals surface area contributed by atoms with Crippen molar-refractivity contribution in [3.05, 3.63) is 93.7 Å². The molecular formula is C24H22Cl2N2O. The minimum atomic E-state index is -0.189. The molecule has 4 aromatic rings. The quantitative estimate of drug-likeness (QED) is 0.326. The summed E-state index contributed by atoms with van der Waals surface area (Å²) in [5.41, 5.74) is 4.00. The number of hydrogen-bond acceptors (Lipinski definition) is 2. The van der Waals surface area contributed by atoms with E-state index in [9.17, 15) is 0 Å². The van der Waals surface area contributed by atoms with Crippen molar-refractivity contribution in [1.29, 1.82) is 0 Å². The number of nitrogens with zero attached hydrogens (tertiary/aromatic N) is 2. The second kappa shape index (κ2) is 8.48. The Morgan fingerprint density at radius 1 is 0.966 bits per heavy atom. The van der Waals surface area contributed by atoms with E-state index in [-0.39, 0.29) is 6.10 Å². The smallest absolute Gasteiger partial charge is 0.156 e. The third-order valence-corrected chi connectivity index (χ3v) is 5.70. The van der Waals surface area contributed by atoms with Gasteiger partial charge >= 0.3 is 0 Å². The summed E-state index contributed by atoms with van der Waals surface area (Å²) < 4.78 is 8.51. The molecule has 0 aliphatic carbocycles. The highest BCUT2D eigenvalue weighted by Gasteiger charge is 2.22. The Bertz CT molecular complexity index is 1130. The lowest BCUT2D eigenvalue weighted by atomic mass is 10.2. The molecule has 1 heterocycles. The average molecular weight is 425 g/mol. The van der Waals surface area contributed by atoms with Gasteiger partial charge in [-0.3, -0.25) is 0 Å². The number of benzene rings is 3. The van der Waals surface area contributed by atoms with Gasteiger partial charge in [-0.2, -0.15) is 0 Å². The molecular weight excluding hydrogens is 403 g/mol. The van der Waals surface area contributed by atoms with Crippen LogP contribution < -0.4 is 4.74 Å². The van der Waals surface area contributed by atoms with Gasteiger partial charge in [-0.05, 0) is 55.3 Å². The molecule has 148 valence electrons. The molecule has 0 saturated heterocycles. The molecule has 0 aliphatic heterocycles. The van der Waals surface area contributed by atoms with Gasteiger partial charge in [0, 0.05) is 15.6 Å². The van der Waals surface area contributed by atoms with Crippen LogP contribution in [-0.4, -0.2) is 9.55 Å². The van der Waals surface area contributed by atoms with Crippen molar-refractivity contribution in [3.63, 3.8) is 0 Å². The molecule has 0 spiro atoms. The minimum Gasteiger partial charge on any atom is -0.483 e. The van der Waals surface area contributed by atoms with Crippen molar-refractivity contribution in [2.75, 3.05) is 0 Å². The van der Waals surface area contributed by atoms with Gasteiger partial charge in [0.1, 0.15) is 5.75 Å². The summed E-state index contributed by atoms with van der Waals surface area (Å²) in [6, 6.07) is 21.8. The van der Waals surface area contributed by atoms with E-state index in [1.807, 2.05) is 54.6 Å². The van der Waals surface area contributed by atoms with Crippen LogP contribution in [0.4, 0.5) is 0 Å². The number of imidazole rings is 1. The molecule has 0 amide bonds. The molecule has 0 aliphatic rings. The van der Waals surface area contributed by atoms with Crippen LogP contribution in [0.5, 0.6) is 5.75 Å². The van der Waals surface area contributed by atoms with Crippen LogP contribution in [0.1, 0.15) is 36.4 Å². The van der Waals surface area contributed by atoms with E-state index in [1.54, 1.807) is 0 Å².